The van der Waals surface area contributed by atoms with Gasteiger partial charge in [-0.1, -0.05) is 5.92 Å². The summed E-state index contributed by atoms with van der Waals surface area (Å²) in [4.78, 5) is 8.96. The monoisotopic (exact) mass is 187 g/mol. The van der Waals surface area contributed by atoms with Crippen molar-refractivity contribution in [3.8, 4) is 18.4 Å². The van der Waals surface area contributed by atoms with Crippen LogP contribution in [-0.2, 0) is 4.84 Å². The molecule has 0 aliphatic rings. The minimum Gasteiger partial charge on any atom is -0.262 e. The van der Waals surface area contributed by atoms with Gasteiger partial charge in [0.25, 0.3) is 0 Å². The van der Waals surface area contributed by atoms with Crippen LogP contribution in [0.25, 0.3) is 0 Å². The molecule has 4 heteroatoms. The van der Waals surface area contributed by atoms with Crippen molar-refractivity contribution in [2.75, 3.05) is 12.1 Å². The predicted octanol–water partition coefficient (Wildman–Crippen LogP) is 1.24. The first-order valence-corrected chi connectivity index (χ1v) is 3.96. The van der Waals surface area contributed by atoms with Crippen LogP contribution in [-0.4, -0.2) is 11.6 Å². The largest absolute Gasteiger partial charge is 0.262 e. The molecule has 0 spiro atoms. The zero-order chi connectivity index (χ0) is 10.4. The number of nitrogens with zero attached hydrogens (tertiary/aromatic N) is 2. The van der Waals surface area contributed by atoms with Crippen molar-refractivity contribution < 1.29 is 4.84 Å². The Bertz CT molecular complexity index is 401. The Hall–Kier alpha value is -2.04. The highest BCUT2D eigenvalue weighted by molar-refractivity contribution is 5.42. The number of hydrogen-bond donors (Lipinski definition) is 1. The van der Waals surface area contributed by atoms with Crippen LogP contribution in [0.2, 0.25) is 0 Å². The molecule has 0 aliphatic heterocycles. The van der Waals surface area contributed by atoms with E-state index in [9.17, 15) is 0 Å². The van der Waals surface area contributed by atoms with Gasteiger partial charge in [0.2, 0.25) is 0 Å². The number of nitriles is 1. The summed E-state index contributed by atoms with van der Waals surface area (Å²) in [6.45, 7) is 1.95. The number of hydrogen-bond acceptors (Lipinski definition) is 4. The number of anilines is 1. The maximum Gasteiger partial charge on any atom is 0.151 e. The molecule has 0 fully saturated rings. The molecule has 1 aromatic heterocycles. The molecule has 0 unspecified atom stereocenters. The van der Waals surface area contributed by atoms with E-state index >= 15 is 0 Å². The second kappa shape index (κ2) is 4.86. The molecule has 1 aromatic rings. The number of terminal acetylenes is 1. The Morgan fingerprint density at radius 2 is 2.43 bits per heavy atom. The normalized spacial score (nSPS) is 8.79. The van der Waals surface area contributed by atoms with Gasteiger partial charge in [-0.05, 0) is 13.0 Å². The average molecular weight is 187 g/mol. The van der Waals surface area contributed by atoms with Gasteiger partial charge in [-0.2, -0.15) is 5.26 Å². The summed E-state index contributed by atoms with van der Waals surface area (Å²) in [6.07, 6.45) is 4.99. The van der Waals surface area contributed by atoms with Gasteiger partial charge in [0, 0.05) is 11.8 Å². The van der Waals surface area contributed by atoms with Gasteiger partial charge in [-0.15, -0.1) is 6.42 Å². The number of rotatable bonds is 3. The summed E-state index contributed by atoms with van der Waals surface area (Å²) in [5, 5.41) is 8.68. The third-order valence-electron chi connectivity index (χ3n) is 1.41. The Labute approximate surface area is 82.5 Å². The molecule has 0 radical (unpaired) electrons. The predicted molar refractivity (Wildman–Crippen MR) is 52.1 cm³/mol. The summed E-state index contributed by atoms with van der Waals surface area (Å²) in [5.74, 6) is 2.79. The molecule has 0 amide bonds. The number of pyridine rings is 1. The maximum absolute atomic E-state index is 8.68. The molecule has 1 N–H and O–H groups in total. The van der Waals surface area contributed by atoms with Gasteiger partial charge in [-0.3, -0.25) is 4.84 Å². The summed E-state index contributed by atoms with van der Waals surface area (Å²) in [7, 11) is 0. The van der Waals surface area contributed by atoms with Gasteiger partial charge < -0.3 is 0 Å². The zero-order valence-electron chi connectivity index (χ0n) is 7.74. The Morgan fingerprint density at radius 1 is 1.64 bits per heavy atom. The minimum absolute atomic E-state index is 0.150. The fourth-order valence-electron chi connectivity index (χ4n) is 0.937. The first kappa shape index (κ1) is 10.0. The number of aromatic nitrogens is 1. The van der Waals surface area contributed by atoms with Crippen molar-refractivity contribution in [2.45, 2.75) is 6.92 Å². The third kappa shape index (κ3) is 2.78. The smallest absolute Gasteiger partial charge is 0.151 e. The van der Waals surface area contributed by atoms with Crippen molar-refractivity contribution in [2.24, 2.45) is 0 Å². The summed E-state index contributed by atoms with van der Waals surface area (Å²) >= 11 is 0. The van der Waals surface area contributed by atoms with Crippen LogP contribution in [0.1, 0.15) is 11.3 Å². The maximum atomic E-state index is 8.68. The molecular formula is C10H9N3O. The fourth-order valence-corrected chi connectivity index (χ4v) is 0.937. The van der Waals surface area contributed by atoms with Gasteiger partial charge in [0.15, 0.2) is 5.82 Å². The first-order valence-electron chi connectivity index (χ1n) is 3.96. The van der Waals surface area contributed by atoms with Crippen LogP contribution in [0.3, 0.4) is 0 Å². The second-order valence-electron chi connectivity index (χ2n) is 2.59. The Morgan fingerprint density at radius 3 is 3.07 bits per heavy atom. The highest BCUT2D eigenvalue weighted by Crippen LogP contribution is 2.08. The zero-order valence-corrected chi connectivity index (χ0v) is 7.74. The van der Waals surface area contributed by atoms with Crippen molar-refractivity contribution >= 4 is 5.82 Å². The topological polar surface area (TPSA) is 57.9 Å². The van der Waals surface area contributed by atoms with Crippen LogP contribution in [0.4, 0.5) is 5.82 Å². The van der Waals surface area contributed by atoms with Crippen LogP contribution in [0.15, 0.2) is 12.1 Å². The van der Waals surface area contributed by atoms with E-state index in [0.717, 1.165) is 5.69 Å². The molecule has 0 aromatic carbocycles. The SMILES string of the molecule is C#CCONc1cc(C#N)cc(C)n1. The van der Waals surface area contributed by atoms with E-state index in [1.165, 1.54) is 0 Å². The molecular weight excluding hydrogens is 178 g/mol. The van der Waals surface area contributed by atoms with Gasteiger partial charge in [0.05, 0.1) is 11.6 Å². The molecule has 4 nitrogen and oxygen atoms in total. The first-order chi connectivity index (χ1) is 6.76. The quantitative estimate of drug-likeness (QED) is 0.439. The average Bonchev–Trinajstić information content (AvgIpc) is 2.17. The van der Waals surface area contributed by atoms with Crippen molar-refractivity contribution in [1.82, 2.24) is 4.98 Å². The fraction of sp³-hybridized carbons (Fsp3) is 0.200. The van der Waals surface area contributed by atoms with Crippen molar-refractivity contribution in [1.29, 1.82) is 5.26 Å². The molecule has 1 heterocycles. The lowest BCUT2D eigenvalue weighted by Crippen LogP contribution is -2.03. The molecule has 0 bridgehead atoms. The highest BCUT2D eigenvalue weighted by Gasteiger charge is 1.98. The van der Waals surface area contributed by atoms with Gasteiger partial charge >= 0.3 is 0 Å². The third-order valence-corrected chi connectivity index (χ3v) is 1.41. The Kier molecular flexibility index (Phi) is 3.49. The van der Waals surface area contributed by atoms with Gasteiger partial charge in [0.1, 0.15) is 6.61 Å². The van der Waals surface area contributed by atoms with E-state index in [1.807, 2.05) is 6.07 Å². The standard InChI is InChI=1S/C10H9N3O/c1-3-4-14-13-10-6-9(7-11)5-8(2)12-10/h1,5-6H,4H2,2H3,(H,12,13). The van der Waals surface area contributed by atoms with Crippen molar-refractivity contribution in [3.05, 3.63) is 23.4 Å². The number of nitrogens with one attached hydrogen (secondary N) is 1. The Balaban J connectivity index is 2.74. The summed E-state index contributed by atoms with van der Waals surface area (Å²) < 4.78 is 0. The summed E-state index contributed by atoms with van der Waals surface area (Å²) in [6, 6.07) is 5.30. The minimum atomic E-state index is 0.150. The van der Waals surface area contributed by atoms with E-state index in [2.05, 4.69) is 16.4 Å². The molecule has 0 aliphatic carbocycles. The lowest BCUT2D eigenvalue weighted by Gasteiger charge is -2.04. The molecule has 70 valence electrons. The van der Waals surface area contributed by atoms with E-state index in [-0.39, 0.29) is 6.61 Å². The highest BCUT2D eigenvalue weighted by atomic mass is 16.6. The van der Waals surface area contributed by atoms with Crippen LogP contribution >= 0.6 is 0 Å². The van der Waals surface area contributed by atoms with Gasteiger partial charge in [-0.25, -0.2) is 10.5 Å². The lowest BCUT2D eigenvalue weighted by molar-refractivity contribution is 0.232. The molecule has 14 heavy (non-hydrogen) atoms. The van der Waals surface area contributed by atoms with E-state index in [1.54, 1.807) is 19.1 Å². The molecule has 0 saturated carbocycles. The van der Waals surface area contributed by atoms with E-state index < -0.39 is 0 Å². The molecule has 0 atom stereocenters. The van der Waals surface area contributed by atoms with E-state index in [4.69, 9.17) is 16.5 Å². The van der Waals surface area contributed by atoms with Crippen molar-refractivity contribution in [3.63, 3.8) is 0 Å². The molecule has 1 rings (SSSR count). The van der Waals surface area contributed by atoms with Crippen LogP contribution < -0.4 is 5.48 Å². The lowest BCUT2D eigenvalue weighted by atomic mass is 10.2. The molecule has 0 saturated heterocycles. The van der Waals surface area contributed by atoms with E-state index in [0.29, 0.717) is 11.4 Å². The van der Waals surface area contributed by atoms with Crippen LogP contribution in [0, 0.1) is 30.6 Å². The summed E-state index contributed by atoms with van der Waals surface area (Å²) in [5.41, 5.74) is 3.83. The number of aryl methyl sites for hydroxylation is 1. The van der Waals surface area contributed by atoms with Crippen LogP contribution in [0.5, 0.6) is 0 Å². The second-order valence-corrected chi connectivity index (χ2v) is 2.59.